The van der Waals surface area contributed by atoms with E-state index in [0.29, 0.717) is 16.9 Å². The highest BCUT2D eigenvalue weighted by Crippen LogP contribution is 2.17. The molecule has 0 unspecified atom stereocenters. The maximum absolute atomic E-state index is 12.8. The van der Waals surface area contributed by atoms with Crippen LogP contribution in [0.3, 0.4) is 0 Å². The summed E-state index contributed by atoms with van der Waals surface area (Å²) in [5.41, 5.74) is 5.33. The van der Waals surface area contributed by atoms with Gasteiger partial charge in [-0.1, -0.05) is 24.3 Å². The zero-order chi connectivity index (χ0) is 19.5. The van der Waals surface area contributed by atoms with E-state index in [1.165, 1.54) is 0 Å². The molecule has 28 heavy (non-hydrogen) atoms. The molecular formula is C22H19N5O. The zero-order valence-electron chi connectivity index (χ0n) is 15.6. The molecule has 6 nitrogen and oxygen atoms in total. The molecule has 138 valence electrons. The Morgan fingerprint density at radius 3 is 2.79 bits per heavy atom. The summed E-state index contributed by atoms with van der Waals surface area (Å²) in [5.74, 6) is -0.238. The number of aromatic nitrogens is 4. The molecule has 3 aromatic heterocycles. The maximum atomic E-state index is 12.8. The largest absolute Gasteiger partial charge is 0.322 e. The molecule has 0 atom stereocenters. The van der Waals surface area contributed by atoms with Crippen molar-refractivity contribution in [2.75, 3.05) is 5.32 Å². The van der Waals surface area contributed by atoms with E-state index in [1.54, 1.807) is 16.9 Å². The van der Waals surface area contributed by atoms with E-state index in [2.05, 4.69) is 20.4 Å². The number of fused-ring (bicyclic) bond motifs is 1. The third-order valence-corrected chi connectivity index (χ3v) is 4.30. The maximum Gasteiger partial charge on any atom is 0.261 e. The number of nitrogens with zero attached hydrogens (tertiary/aromatic N) is 4. The Morgan fingerprint density at radius 1 is 1.07 bits per heavy atom. The minimum absolute atomic E-state index is 0.238. The lowest BCUT2D eigenvalue weighted by atomic mass is 10.1. The van der Waals surface area contributed by atoms with Crippen molar-refractivity contribution in [3.63, 3.8) is 0 Å². The molecule has 1 N–H and O–H groups in total. The lowest BCUT2D eigenvalue weighted by Crippen LogP contribution is -2.12. The van der Waals surface area contributed by atoms with Gasteiger partial charge in [0.05, 0.1) is 11.9 Å². The van der Waals surface area contributed by atoms with Crippen molar-refractivity contribution >= 4 is 29.4 Å². The molecule has 0 spiro atoms. The molecule has 0 saturated heterocycles. The molecular weight excluding hydrogens is 350 g/mol. The van der Waals surface area contributed by atoms with Crippen LogP contribution in [0.5, 0.6) is 0 Å². The molecule has 1 aromatic carbocycles. The number of benzene rings is 1. The van der Waals surface area contributed by atoms with E-state index in [-0.39, 0.29) is 5.91 Å². The molecule has 0 radical (unpaired) electrons. The number of carbonyl (C=O) groups is 1. The normalized spacial score (nSPS) is 11.2. The van der Waals surface area contributed by atoms with Gasteiger partial charge in [0.25, 0.3) is 5.91 Å². The Bertz CT molecular complexity index is 1180. The van der Waals surface area contributed by atoms with Crippen LogP contribution in [0.25, 0.3) is 17.8 Å². The van der Waals surface area contributed by atoms with E-state index >= 15 is 0 Å². The van der Waals surface area contributed by atoms with Gasteiger partial charge in [0.15, 0.2) is 5.65 Å². The molecule has 0 aliphatic heterocycles. The van der Waals surface area contributed by atoms with E-state index in [1.807, 2.05) is 74.5 Å². The molecule has 0 aliphatic carbocycles. The summed E-state index contributed by atoms with van der Waals surface area (Å²) in [6.07, 6.45) is 7.20. The average molecular weight is 369 g/mol. The molecule has 0 saturated carbocycles. The number of amides is 1. The van der Waals surface area contributed by atoms with Crippen molar-refractivity contribution in [3.05, 3.63) is 89.1 Å². The van der Waals surface area contributed by atoms with Gasteiger partial charge in [-0.25, -0.2) is 9.50 Å². The highest BCUT2D eigenvalue weighted by atomic mass is 16.1. The summed E-state index contributed by atoms with van der Waals surface area (Å²) in [4.78, 5) is 21.5. The fourth-order valence-electron chi connectivity index (χ4n) is 3.01. The number of rotatable bonds is 4. The van der Waals surface area contributed by atoms with Gasteiger partial charge < -0.3 is 5.32 Å². The second-order valence-corrected chi connectivity index (χ2v) is 6.50. The highest BCUT2D eigenvalue weighted by Gasteiger charge is 2.15. The Hall–Kier alpha value is -3.80. The van der Waals surface area contributed by atoms with Crippen molar-refractivity contribution in [1.82, 2.24) is 19.6 Å². The standard InChI is InChI=1S/C22H19N5O/c1-15-12-16(2)27-21(25-15)20(14-24-27)22(28)26-19-8-5-6-17(13-19)9-10-18-7-3-4-11-23-18/h3-14H,1-2H3,(H,26,28)/b10-9+. The Balaban J connectivity index is 1.56. The topological polar surface area (TPSA) is 72.2 Å². The zero-order valence-corrected chi connectivity index (χ0v) is 15.6. The molecule has 1 amide bonds. The van der Waals surface area contributed by atoms with Crippen molar-refractivity contribution < 1.29 is 4.79 Å². The first kappa shape index (κ1) is 17.6. The molecule has 0 bridgehead atoms. The minimum atomic E-state index is -0.238. The number of hydrogen-bond acceptors (Lipinski definition) is 4. The average Bonchev–Trinajstić information content (AvgIpc) is 3.12. The number of hydrogen-bond donors (Lipinski definition) is 1. The van der Waals surface area contributed by atoms with E-state index in [4.69, 9.17) is 0 Å². The van der Waals surface area contributed by atoms with Crippen molar-refractivity contribution in [1.29, 1.82) is 0 Å². The monoisotopic (exact) mass is 369 g/mol. The first-order chi connectivity index (χ1) is 13.6. The highest BCUT2D eigenvalue weighted by molar-refractivity contribution is 6.08. The summed E-state index contributed by atoms with van der Waals surface area (Å²) in [7, 11) is 0. The molecule has 0 aliphatic rings. The van der Waals surface area contributed by atoms with Crippen LogP contribution in [0.15, 0.2) is 60.9 Å². The summed E-state index contributed by atoms with van der Waals surface area (Å²) in [6.45, 7) is 3.84. The smallest absolute Gasteiger partial charge is 0.261 e. The van der Waals surface area contributed by atoms with Gasteiger partial charge in [-0.05, 0) is 55.8 Å². The predicted molar refractivity (Wildman–Crippen MR) is 110 cm³/mol. The summed E-state index contributed by atoms with van der Waals surface area (Å²) in [5, 5.41) is 7.21. The third kappa shape index (κ3) is 3.66. The third-order valence-electron chi connectivity index (χ3n) is 4.30. The SMILES string of the molecule is Cc1cc(C)n2ncc(C(=O)Nc3cccc(/C=C/c4ccccn4)c3)c2n1. The van der Waals surface area contributed by atoms with Crippen LogP contribution >= 0.6 is 0 Å². The number of carbonyl (C=O) groups excluding carboxylic acids is 1. The molecule has 0 fully saturated rings. The first-order valence-electron chi connectivity index (χ1n) is 8.93. The quantitative estimate of drug-likeness (QED) is 0.586. The number of nitrogens with one attached hydrogen (secondary N) is 1. The Morgan fingerprint density at radius 2 is 1.96 bits per heavy atom. The van der Waals surface area contributed by atoms with E-state index in [9.17, 15) is 4.79 Å². The Kier molecular flexibility index (Phi) is 4.68. The van der Waals surface area contributed by atoms with Crippen LogP contribution < -0.4 is 5.32 Å². The lowest BCUT2D eigenvalue weighted by Gasteiger charge is -2.06. The predicted octanol–water partition coefficient (Wildman–Crippen LogP) is 4.16. The fraction of sp³-hybridized carbons (Fsp3) is 0.0909. The van der Waals surface area contributed by atoms with Gasteiger partial charge in [-0.15, -0.1) is 0 Å². The van der Waals surface area contributed by atoms with Gasteiger partial charge in [0, 0.05) is 23.3 Å². The summed E-state index contributed by atoms with van der Waals surface area (Å²) >= 11 is 0. The van der Waals surface area contributed by atoms with Gasteiger partial charge >= 0.3 is 0 Å². The number of aryl methyl sites for hydroxylation is 2. The van der Waals surface area contributed by atoms with E-state index < -0.39 is 0 Å². The summed E-state index contributed by atoms with van der Waals surface area (Å²) < 4.78 is 1.67. The van der Waals surface area contributed by atoms with Crippen molar-refractivity contribution in [2.45, 2.75) is 13.8 Å². The van der Waals surface area contributed by atoms with Crippen LogP contribution in [-0.4, -0.2) is 25.5 Å². The Labute approximate surface area is 162 Å². The van der Waals surface area contributed by atoms with E-state index in [0.717, 1.165) is 22.6 Å². The molecule has 3 heterocycles. The van der Waals surface area contributed by atoms with Crippen LogP contribution in [0.4, 0.5) is 5.69 Å². The van der Waals surface area contributed by atoms with Crippen LogP contribution in [0, 0.1) is 13.8 Å². The molecule has 6 heteroatoms. The van der Waals surface area contributed by atoms with Crippen LogP contribution in [0.2, 0.25) is 0 Å². The second-order valence-electron chi connectivity index (χ2n) is 6.50. The fourth-order valence-corrected chi connectivity index (χ4v) is 3.01. The second kappa shape index (κ2) is 7.44. The molecule has 4 rings (SSSR count). The first-order valence-corrected chi connectivity index (χ1v) is 8.93. The minimum Gasteiger partial charge on any atom is -0.322 e. The van der Waals surface area contributed by atoms with Crippen molar-refractivity contribution in [3.8, 4) is 0 Å². The number of pyridine rings is 1. The summed E-state index contributed by atoms with van der Waals surface area (Å²) in [6, 6.07) is 15.3. The van der Waals surface area contributed by atoms with Crippen molar-refractivity contribution in [2.24, 2.45) is 0 Å². The van der Waals surface area contributed by atoms with Crippen LogP contribution in [0.1, 0.15) is 33.0 Å². The molecule has 4 aromatic rings. The lowest BCUT2D eigenvalue weighted by molar-refractivity contribution is 0.102. The number of anilines is 1. The van der Waals surface area contributed by atoms with Gasteiger partial charge in [0.2, 0.25) is 0 Å². The van der Waals surface area contributed by atoms with Crippen LogP contribution in [-0.2, 0) is 0 Å². The van der Waals surface area contributed by atoms with Gasteiger partial charge in [-0.3, -0.25) is 9.78 Å². The van der Waals surface area contributed by atoms with Gasteiger partial charge in [-0.2, -0.15) is 5.10 Å². The van der Waals surface area contributed by atoms with Gasteiger partial charge in [0.1, 0.15) is 5.56 Å².